The molecule has 1 aromatic heterocycles. The lowest BCUT2D eigenvalue weighted by molar-refractivity contribution is 0.460. The molecule has 4 heteroatoms. The van der Waals surface area contributed by atoms with E-state index < -0.39 is 0 Å². The highest BCUT2D eigenvalue weighted by molar-refractivity contribution is 6.31. The predicted molar refractivity (Wildman–Crippen MR) is 83.0 cm³/mol. The second-order valence-corrected chi connectivity index (χ2v) is 5.35. The van der Waals surface area contributed by atoms with Crippen molar-refractivity contribution in [3.8, 4) is 0 Å². The maximum Gasteiger partial charge on any atom is 0.0849 e. The van der Waals surface area contributed by atoms with Crippen LogP contribution < -0.4 is 5.32 Å². The summed E-state index contributed by atoms with van der Waals surface area (Å²) >= 11 is 6.44. The molecule has 1 N–H and O–H groups in total. The molecule has 1 aromatic rings. The third-order valence-corrected chi connectivity index (χ3v) is 4.04. The lowest BCUT2D eigenvalue weighted by atomic mass is 10.1. The van der Waals surface area contributed by atoms with E-state index in [1.807, 2.05) is 0 Å². The molecule has 3 nitrogen and oxygen atoms in total. The van der Waals surface area contributed by atoms with Crippen LogP contribution in [0.2, 0.25) is 5.02 Å². The molecule has 0 aliphatic heterocycles. The number of nitrogens with one attached hydrogen (secondary N) is 1. The van der Waals surface area contributed by atoms with Crippen molar-refractivity contribution in [1.82, 2.24) is 15.1 Å². The fourth-order valence-corrected chi connectivity index (χ4v) is 2.73. The van der Waals surface area contributed by atoms with Gasteiger partial charge in [-0.15, -0.1) is 0 Å². The van der Waals surface area contributed by atoms with Gasteiger partial charge in [0.05, 0.1) is 16.4 Å². The Bertz CT molecular complexity index is 374. The van der Waals surface area contributed by atoms with Crippen LogP contribution in [0.3, 0.4) is 0 Å². The highest BCUT2D eigenvalue weighted by atomic mass is 35.5. The molecule has 1 atom stereocenters. The van der Waals surface area contributed by atoms with Gasteiger partial charge in [-0.2, -0.15) is 5.10 Å². The average Bonchev–Trinajstić information content (AvgIpc) is 2.75. The van der Waals surface area contributed by atoms with Crippen LogP contribution in [-0.2, 0) is 19.4 Å². The lowest BCUT2D eigenvalue weighted by Gasteiger charge is -2.16. The van der Waals surface area contributed by atoms with Crippen molar-refractivity contribution >= 4 is 11.6 Å². The fourth-order valence-electron chi connectivity index (χ4n) is 2.37. The number of hydrogen-bond donors (Lipinski definition) is 1. The predicted octanol–water partition coefficient (Wildman–Crippen LogP) is 3.83. The minimum absolute atomic E-state index is 0.585. The summed E-state index contributed by atoms with van der Waals surface area (Å²) in [7, 11) is 0. The van der Waals surface area contributed by atoms with Gasteiger partial charge in [0.25, 0.3) is 0 Å². The topological polar surface area (TPSA) is 29.9 Å². The van der Waals surface area contributed by atoms with Crippen molar-refractivity contribution in [2.75, 3.05) is 6.54 Å². The molecule has 1 rings (SSSR count). The summed E-state index contributed by atoms with van der Waals surface area (Å²) in [6.45, 7) is 10.7. The van der Waals surface area contributed by atoms with Crippen LogP contribution in [-0.4, -0.2) is 22.4 Å². The van der Waals surface area contributed by atoms with E-state index in [-0.39, 0.29) is 0 Å². The van der Waals surface area contributed by atoms with Gasteiger partial charge in [0.1, 0.15) is 0 Å². The molecular weight excluding hydrogens is 258 g/mol. The van der Waals surface area contributed by atoms with Gasteiger partial charge >= 0.3 is 0 Å². The van der Waals surface area contributed by atoms with Crippen LogP contribution in [0.15, 0.2) is 0 Å². The number of aromatic nitrogens is 2. The summed E-state index contributed by atoms with van der Waals surface area (Å²) in [5.41, 5.74) is 2.24. The van der Waals surface area contributed by atoms with Crippen LogP contribution >= 0.6 is 11.6 Å². The molecule has 0 spiro atoms. The Kier molecular flexibility index (Phi) is 7.47. The molecule has 0 aliphatic rings. The van der Waals surface area contributed by atoms with Crippen molar-refractivity contribution in [2.24, 2.45) is 0 Å². The van der Waals surface area contributed by atoms with Gasteiger partial charge in [-0.3, -0.25) is 4.68 Å². The second-order valence-electron chi connectivity index (χ2n) is 4.97. The quantitative estimate of drug-likeness (QED) is 0.747. The Balaban J connectivity index is 2.67. The zero-order valence-corrected chi connectivity index (χ0v) is 13.6. The molecule has 0 aromatic carbocycles. The van der Waals surface area contributed by atoms with E-state index in [0.29, 0.717) is 6.04 Å². The molecule has 110 valence electrons. The lowest BCUT2D eigenvalue weighted by Crippen LogP contribution is -2.29. The highest BCUT2D eigenvalue weighted by Crippen LogP contribution is 2.23. The first-order chi connectivity index (χ1) is 9.17. The first-order valence-electron chi connectivity index (χ1n) is 7.65. The highest BCUT2D eigenvalue weighted by Gasteiger charge is 2.15. The van der Waals surface area contributed by atoms with Crippen LogP contribution in [0.25, 0.3) is 0 Å². The van der Waals surface area contributed by atoms with E-state index in [1.54, 1.807) is 0 Å². The summed E-state index contributed by atoms with van der Waals surface area (Å²) in [4.78, 5) is 0. The Morgan fingerprint density at radius 2 is 2.00 bits per heavy atom. The number of hydrogen-bond acceptors (Lipinski definition) is 2. The molecule has 0 saturated carbocycles. The zero-order valence-electron chi connectivity index (χ0n) is 12.8. The van der Waals surface area contributed by atoms with Crippen molar-refractivity contribution in [3.05, 3.63) is 16.4 Å². The zero-order chi connectivity index (χ0) is 14.3. The second kappa shape index (κ2) is 8.60. The van der Waals surface area contributed by atoms with Crippen molar-refractivity contribution in [3.63, 3.8) is 0 Å². The van der Waals surface area contributed by atoms with E-state index in [9.17, 15) is 0 Å². The smallest absolute Gasteiger partial charge is 0.0849 e. The summed E-state index contributed by atoms with van der Waals surface area (Å²) in [6.07, 6.45) is 5.40. The van der Waals surface area contributed by atoms with Crippen LogP contribution in [0.4, 0.5) is 0 Å². The van der Waals surface area contributed by atoms with Gasteiger partial charge in [-0.05, 0) is 45.6 Å². The minimum Gasteiger partial charge on any atom is -0.314 e. The Morgan fingerprint density at radius 3 is 2.53 bits per heavy atom. The summed E-state index contributed by atoms with van der Waals surface area (Å²) in [5, 5.41) is 9.06. The molecule has 0 radical (unpaired) electrons. The number of rotatable bonds is 9. The van der Waals surface area contributed by atoms with Gasteiger partial charge in [0, 0.05) is 12.6 Å². The van der Waals surface area contributed by atoms with E-state index in [4.69, 9.17) is 11.6 Å². The summed E-state index contributed by atoms with van der Waals surface area (Å²) in [6, 6.07) is 0.585. The Hall–Kier alpha value is -0.540. The van der Waals surface area contributed by atoms with E-state index >= 15 is 0 Å². The number of nitrogens with zero attached hydrogens (tertiary/aromatic N) is 2. The Morgan fingerprint density at radius 1 is 1.26 bits per heavy atom. The van der Waals surface area contributed by atoms with Crippen molar-refractivity contribution < 1.29 is 0 Å². The molecule has 1 unspecified atom stereocenters. The van der Waals surface area contributed by atoms with Crippen LogP contribution in [0.1, 0.15) is 58.3 Å². The first kappa shape index (κ1) is 16.5. The summed E-state index contributed by atoms with van der Waals surface area (Å²) in [5.74, 6) is 0. The SMILES string of the molecule is CCCNC(CC)CCc1c(Cl)c(CC)nn1CC. The standard InChI is InChI=1S/C15H28ClN3/c1-5-11-17-12(6-2)9-10-14-15(16)13(7-3)18-19(14)8-4/h12,17H,5-11H2,1-4H3. The molecule has 19 heavy (non-hydrogen) atoms. The molecule has 0 bridgehead atoms. The van der Waals surface area contributed by atoms with Gasteiger partial charge in [0.2, 0.25) is 0 Å². The van der Waals surface area contributed by atoms with E-state index in [2.05, 4.69) is 42.8 Å². The van der Waals surface area contributed by atoms with Gasteiger partial charge < -0.3 is 5.32 Å². The maximum atomic E-state index is 6.44. The number of aryl methyl sites for hydroxylation is 2. The first-order valence-corrected chi connectivity index (χ1v) is 8.02. The normalized spacial score (nSPS) is 12.9. The van der Waals surface area contributed by atoms with Gasteiger partial charge in [-0.25, -0.2) is 0 Å². The average molecular weight is 286 g/mol. The van der Waals surface area contributed by atoms with Gasteiger partial charge in [-0.1, -0.05) is 32.4 Å². The van der Waals surface area contributed by atoms with Crippen LogP contribution in [0.5, 0.6) is 0 Å². The molecule has 0 saturated heterocycles. The van der Waals surface area contributed by atoms with Crippen molar-refractivity contribution in [2.45, 2.75) is 72.4 Å². The van der Waals surface area contributed by atoms with E-state index in [1.165, 1.54) is 18.5 Å². The number of halogens is 1. The van der Waals surface area contributed by atoms with E-state index in [0.717, 1.165) is 43.1 Å². The molecule has 0 aliphatic carbocycles. The monoisotopic (exact) mass is 285 g/mol. The molecule has 1 heterocycles. The molecule has 0 amide bonds. The Labute approximate surface area is 122 Å². The maximum absolute atomic E-state index is 6.44. The van der Waals surface area contributed by atoms with Crippen LogP contribution in [0, 0.1) is 0 Å². The van der Waals surface area contributed by atoms with Crippen molar-refractivity contribution in [1.29, 1.82) is 0 Å². The largest absolute Gasteiger partial charge is 0.314 e. The molecular formula is C15H28ClN3. The van der Waals surface area contributed by atoms with Gasteiger partial charge in [0.15, 0.2) is 0 Å². The molecule has 0 fully saturated rings. The minimum atomic E-state index is 0.585. The fraction of sp³-hybridized carbons (Fsp3) is 0.800. The third kappa shape index (κ3) is 4.50. The third-order valence-electron chi connectivity index (χ3n) is 3.60. The summed E-state index contributed by atoms with van der Waals surface area (Å²) < 4.78 is 2.06.